The Morgan fingerprint density at radius 3 is 2.60 bits per heavy atom. The highest BCUT2D eigenvalue weighted by Crippen LogP contribution is 2.26. The minimum absolute atomic E-state index is 0.244. The van der Waals surface area contributed by atoms with Crippen molar-refractivity contribution in [3.05, 3.63) is 40.9 Å². The fourth-order valence-corrected chi connectivity index (χ4v) is 2.28. The maximum absolute atomic E-state index is 11.7. The lowest BCUT2D eigenvalue weighted by molar-refractivity contribution is -0.146. The van der Waals surface area contributed by atoms with Gasteiger partial charge in [0.15, 0.2) is 0 Å². The number of esters is 1. The number of anilines is 1. The molecule has 20 heavy (non-hydrogen) atoms. The van der Waals surface area contributed by atoms with Crippen molar-refractivity contribution in [2.75, 3.05) is 12.4 Å². The van der Waals surface area contributed by atoms with Gasteiger partial charge in [0.1, 0.15) is 0 Å². The van der Waals surface area contributed by atoms with Crippen molar-refractivity contribution in [3.8, 4) is 0 Å². The molecule has 0 aliphatic heterocycles. The van der Waals surface area contributed by atoms with Gasteiger partial charge < -0.3 is 10.1 Å². The molecule has 1 aromatic heterocycles. The molecule has 1 aromatic carbocycles. The molecule has 5 nitrogen and oxygen atoms in total. The number of aromatic nitrogens is 2. The summed E-state index contributed by atoms with van der Waals surface area (Å²) in [6.07, 6.45) is 0. The third-order valence-electron chi connectivity index (χ3n) is 3.18. The van der Waals surface area contributed by atoms with Gasteiger partial charge in [-0.05, 0) is 43.1 Å². The molecule has 0 aliphatic rings. The number of rotatable bonds is 5. The summed E-state index contributed by atoms with van der Waals surface area (Å²) in [5.41, 5.74) is 2.16. The summed E-state index contributed by atoms with van der Waals surface area (Å²) in [5, 5.41) is 9.13. The van der Waals surface area contributed by atoms with Crippen LogP contribution in [0.15, 0.2) is 29.6 Å². The van der Waals surface area contributed by atoms with Crippen molar-refractivity contribution >= 4 is 23.2 Å². The Labute approximate surface area is 122 Å². The van der Waals surface area contributed by atoms with Crippen molar-refractivity contribution in [2.45, 2.75) is 25.8 Å². The van der Waals surface area contributed by atoms with E-state index >= 15 is 0 Å². The van der Waals surface area contributed by atoms with Crippen molar-refractivity contribution in [1.82, 2.24) is 9.59 Å². The van der Waals surface area contributed by atoms with Crippen molar-refractivity contribution in [3.63, 3.8) is 0 Å². The van der Waals surface area contributed by atoms with E-state index in [9.17, 15) is 4.79 Å². The van der Waals surface area contributed by atoms with Gasteiger partial charge in [-0.2, -0.15) is 0 Å². The highest BCUT2D eigenvalue weighted by molar-refractivity contribution is 7.03. The molecule has 0 spiro atoms. The summed E-state index contributed by atoms with van der Waals surface area (Å²) < 4.78 is 8.64. The van der Waals surface area contributed by atoms with Crippen LogP contribution in [0.5, 0.6) is 0 Å². The molecular formula is C14H17N3O2S. The highest BCUT2D eigenvalue weighted by Gasteiger charge is 2.30. The maximum Gasteiger partial charge on any atom is 0.315 e. The molecule has 0 radical (unpaired) electrons. The topological polar surface area (TPSA) is 64.1 Å². The molecule has 1 heterocycles. The first-order valence-electron chi connectivity index (χ1n) is 6.23. The lowest BCUT2D eigenvalue weighted by Crippen LogP contribution is -2.30. The third kappa shape index (κ3) is 3.14. The van der Waals surface area contributed by atoms with Crippen LogP contribution < -0.4 is 5.32 Å². The van der Waals surface area contributed by atoms with E-state index in [2.05, 4.69) is 14.9 Å². The van der Waals surface area contributed by atoms with Crippen molar-refractivity contribution in [1.29, 1.82) is 0 Å². The second kappa shape index (κ2) is 6.00. The molecule has 2 aromatic rings. The molecule has 106 valence electrons. The van der Waals surface area contributed by atoms with Crippen LogP contribution in [-0.2, 0) is 21.5 Å². The molecule has 6 heteroatoms. The molecule has 0 aliphatic carbocycles. The van der Waals surface area contributed by atoms with Gasteiger partial charge in [-0.3, -0.25) is 4.79 Å². The Hall–Kier alpha value is -1.95. The first kappa shape index (κ1) is 14.5. The zero-order valence-corrected chi connectivity index (χ0v) is 12.5. The smallest absolute Gasteiger partial charge is 0.315 e. The molecule has 0 unspecified atom stereocenters. The van der Waals surface area contributed by atoms with E-state index in [4.69, 9.17) is 4.74 Å². The maximum atomic E-state index is 11.7. The average molecular weight is 291 g/mol. The number of nitrogens with zero attached hydrogens (tertiary/aromatic N) is 2. The lowest BCUT2D eigenvalue weighted by atomic mass is 9.85. The van der Waals surface area contributed by atoms with E-state index in [1.165, 1.54) is 18.6 Å². The summed E-state index contributed by atoms with van der Waals surface area (Å²) in [6, 6.07) is 7.75. The van der Waals surface area contributed by atoms with Crippen molar-refractivity contribution < 1.29 is 9.53 Å². The molecule has 2 rings (SSSR count). The molecule has 0 saturated carbocycles. The number of nitrogens with one attached hydrogen (secondary N) is 1. The van der Waals surface area contributed by atoms with Crippen LogP contribution in [0.4, 0.5) is 5.69 Å². The predicted molar refractivity (Wildman–Crippen MR) is 78.7 cm³/mol. The normalized spacial score (nSPS) is 11.2. The van der Waals surface area contributed by atoms with E-state index in [1.54, 1.807) is 0 Å². The third-order valence-corrected chi connectivity index (χ3v) is 3.73. The molecule has 0 bridgehead atoms. The van der Waals surface area contributed by atoms with Gasteiger partial charge in [-0.1, -0.05) is 16.6 Å². The predicted octanol–water partition coefficient (Wildman–Crippen LogP) is 2.60. The minimum atomic E-state index is -0.647. The molecule has 1 N–H and O–H groups in total. The Morgan fingerprint density at radius 1 is 1.35 bits per heavy atom. The van der Waals surface area contributed by atoms with Gasteiger partial charge in [-0.25, -0.2) is 0 Å². The Morgan fingerprint density at radius 2 is 2.05 bits per heavy atom. The summed E-state index contributed by atoms with van der Waals surface area (Å²) in [5.74, 6) is -0.244. The summed E-state index contributed by atoms with van der Waals surface area (Å²) in [4.78, 5) is 11.7. The van der Waals surface area contributed by atoms with Crippen LogP contribution in [-0.4, -0.2) is 22.7 Å². The first-order chi connectivity index (χ1) is 9.54. The van der Waals surface area contributed by atoms with E-state index in [-0.39, 0.29) is 5.97 Å². The lowest BCUT2D eigenvalue weighted by Gasteiger charge is -2.22. The standard InChI is InChI=1S/C14H17N3O2S/c1-14(2,13(18)19-3)10-4-6-11(7-5-10)15-8-12-9-20-17-16-12/h4-7,9,15H,8H2,1-3H3. The number of hydrogen-bond donors (Lipinski definition) is 1. The van der Waals surface area contributed by atoms with Gasteiger partial charge in [0.25, 0.3) is 0 Å². The Balaban J connectivity index is 2.04. The molecule has 0 saturated heterocycles. The van der Waals surface area contributed by atoms with E-state index in [1.807, 2.05) is 43.5 Å². The summed E-state index contributed by atoms with van der Waals surface area (Å²) >= 11 is 1.33. The fraction of sp³-hybridized carbons (Fsp3) is 0.357. The van der Waals surface area contributed by atoms with Gasteiger partial charge >= 0.3 is 5.97 Å². The molecular weight excluding hydrogens is 274 g/mol. The second-order valence-corrected chi connectivity index (χ2v) is 5.55. The van der Waals surface area contributed by atoms with Crippen LogP contribution in [0.2, 0.25) is 0 Å². The quantitative estimate of drug-likeness (QED) is 0.858. The van der Waals surface area contributed by atoms with Crippen LogP contribution in [0.25, 0.3) is 0 Å². The number of ether oxygens (including phenoxy) is 1. The average Bonchev–Trinajstić information content (AvgIpc) is 2.98. The highest BCUT2D eigenvalue weighted by atomic mass is 32.1. The summed E-state index contributed by atoms with van der Waals surface area (Å²) in [7, 11) is 1.40. The van der Waals surface area contributed by atoms with E-state index in [0.29, 0.717) is 6.54 Å². The Bertz CT molecular complexity index is 565. The number of methoxy groups -OCH3 is 1. The Kier molecular flexibility index (Phi) is 4.34. The van der Waals surface area contributed by atoms with Gasteiger partial charge in [0.2, 0.25) is 0 Å². The number of benzene rings is 1. The first-order valence-corrected chi connectivity index (χ1v) is 7.06. The van der Waals surface area contributed by atoms with Crippen LogP contribution in [0, 0.1) is 0 Å². The minimum Gasteiger partial charge on any atom is -0.468 e. The molecule has 0 amide bonds. The molecule has 0 fully saturated rings. The zero-order valence-electron chi connectivity index (χ0n) is 11.7. The SMILES string of the molecule is COC(=O)C(C)(C)c1ccc(NCc2csnn2)cc1. The van der Waals surface area contributed by atoms with Crippen LogP contribution in [0.1, 0.15) is 25.1 Å². The number of carbonyl (C=O) groups is 1. The van der Waals surface area contributed by atoms with Gasteiger partial charge in [0.05, 0.1) is 24.8 Å². The fourth-order valence-electron chi connectivity index (χ4n) is 1.83. The van der Waals surface area contributed by atoms with Crippen LogP contribution in [0.3, 0.4) is 0 Å². The largest absolute Gasteiger partial charge is 0.468 e. The van der Waals surface area contributed by atoms with Crippen LogP contribution >= 0.6 is 11.5 Å². The van der Waals surface area contributed by atoms with Crippen molar-refractivity contribution in [2.24, 2.45) is 0 Å². The number of carbonyl (C=O) groups excluding carboxylic acids is 1. The van der Waals surface area contributed by atoms with E-state index < -0.39 is 5.41 Å². The van der Waals surface area contributed by atoms with E-state index in [0.717, 1.165) is 16.9 Å². The zero-order chi connectivity index (χ0) is 14.6. The van der Waals surface area contributed by atoms with Gasteiger partial charge in [0, 0.05) is 11.1 Å². The summed E-state index contributed by atoms with van der Waals surface area (Å²) in [6.45, 7) is 4.33. The van der Waals surface area contributed by atoms with Gasteiger partial charge in [-0.15, -0.1) is 5.10 Å². The number of hydrogen-bond acceptors (Lipinski definition) is 6. The monoisotopic (exact) mass is 291 g/mol. The molecule has 0 atom stereocenters. The second-order valence-electron chi connectivity index (χ2n) is 4.94.